The van der Waals surface area contributed by atoms with Crippen LogP contribution in [-0.4, -0.2) is 46.4 Å². The number of nitrogens with one attached hydrogen (secondary N) is 1. The van der Waals surface area contributed by atoms with Gasteiger partial charge in [0.05, 0.1) is 16.9 Å². The van der Waals surface area contributed by atoms with E-state index in [2.05, 4.69) is 27.5 Å². The highest BCUT2D eigenvalue weighted by molar-refractivity contribution is 5.80. The number of hydrogen-bond donors (Lipinski definition) is 2. The number of rotatable bonds is 3. The van der Waals surface area contributed by atoms with Crippen molar-refractivity contribution in [3.8, 4) is 17.0 Å². The van der Waals surface area contributed by atoms with Gasteiger partial charge in [-0.1, -0.05) is 0 Å². The third-order valence-electron chi connectivity index (χ3n) is 5.01. The fraction of sp³-hybridized carbons (Fsp3) is 0.474. The van der Waals surface area contributed by atoms with E-state index in [0.717, 1.165) is 49.3 Å². The van der Waals surface area contributed by atoms with Gasteiger partial charge in [-0.15, -0.1) is 5.10 Å². The van der Waals surface area contributed by atoms with E-state index in [-0.39, 0.29) is 11.6 Å². The van der Waals surface area contributed by atoms with Crippen LogP contribution in [0.25, 0.3) is 11.3 Å². The molecule has 1 saturated heterocycles. The molecule has 1 aliphatic heterocycles. The number of aromatic nitrogens is 2. The largest absolute Gasteiger partial charge is 0.507 e. The Balaban J connectivity index is 2.02. The number of aromatic hydroxyl groups is 1. The van der Waals surface area contributed by atoms with E-state index in [4.69, 9.17) is 0 Å². The van der Waals surface area contributed by atoms with Crippen LogP contribution in [0.15, 0.2) is 18.2 Å². The van der Waals surface area contributed by atoms with Crippen molar-refractivity contribution in [1.29, 1.82) is 0 Å². The predicted molar refractivity (Wildman–Crippen MR) is 97.8 cm³/mol. The van der Waals surface area contributed by atoms with Crippen LogP contribution in [-0.2, 0) is 6.18 Å². The number of alkyl halides is 3. The van der Waals surface area contributed by atoms with E-state index in [9.17, 15) is 18.3 Å². The Kier molecular flexibility index (Phi) is 5.28. The maximum Gasteiger partial charge on any atom is 0.416 e. The quantitative estimate of drug-likeness (QED) is 0.843. The minimum atomic E-state index is -4.52. The average Bonchev–Trinajstić information content (AvgIpc) is 2.59. The molecule has 0 bridgehead atoms. The lowest BCUT2D eigenvalue weighted by Crippen LogP contribution is -2.40. The predicted octanol–water partition coefficient (Wildman–Crippen LogP) is 3.99. The Morgan fingerprint density at radius 1 is 1.22 bits per heavy atom. The van der Waals surface area contributed by atoms with Crippen molar-refractivity contribution >= 4 is 5.69 Å². The van der Waals surface area contributed by atoms with Gasteiger partial charge in [-0.3, -0.25) is 0 Å². The normalized spacial score (nSPS) is 18.5. The fourth-order valence-electron chi connectivity index (χ4n) is 3.37. The van der Waals surface area contributed by atoms with E-state index < -0.39 is 17.5 Å². The summed E-state index contributed by atoms with van der Waals surface area (Å²) in [7, 11) is 2.05. The van der Waals surface area contributed by atoms with Crippen LogP contribution in [0.5, 0.6) is 5.75 Å². The zero-order chi connectivity index (χ0) is 19.8. The second-order valence-electron chi connectivity index (χ2n) is 7.11. The standard InChI is InChI=1S/C19H23F3N4O/c1-11-12(2)24-25-18(17(11)23-14-5-4-8-26(3)10-14)15-7-6-13(9-16(15)27)19(20,21)22/h6-7,9,14,27H,4-5,8,10H2,1-3H3,(H,23,24)/t14-/m0/s1. The molecule has 0 unspecified atom stereocenters. The van der Waals surface area contributed by atoms with Gasteiger partial charge >= 0.3 is 6.18 Å². The van der Waals surface area contributed by atoms with Gasteiger partial charge in [0.1, 0.15) is 11.4 Å². The molecule has 0 spiro atoms. The van der Waals surface area contributed by atoms with Crippen LogP contribution in [0, 0.1) is 13.8 Å². The van der Waals surface area contributed by atoms with Crippen molar-refractivity contribution in [2.45, 2.75) is 38.9 Å². The summed E-state index contributed by atoms with van der Waals surface area (Å²) in [6.45, 7) is 5.62. The zero-order valence-electron chi connectivity index (χ0n) is 15.6. The number of benzene rings is 1. The monoisotopic (exact) mass is 380 g/mol. The molecule has 146 valence electrons. The Bertz CT molecular complexity index is 838. The number of likely N-dealkylation sites (tertiary alicyclic amines) is 1. The number of likely N-dealkylation sites (N-methyl/N-ethyl adjacent to an activating group) is 1. The summed E-state index contributed by atoms with van der Waals surface area (Å²) >= 11 is 0. The smallest absolute Gasteiger partial charge is 0.416 e. The molecule has 0 saturated carbocycles. The van der Waals surface area contributed by atoms with Gasteiger partial charge in [-0.2, -0.15) is 18.3 Å². The van der Waals surface area contributed by atoms with Crippen LogP contribution in [0.2, 0.25) is 0 Å². The maximum absolute atomic E-state index is 12.9. The third-order valence-corrected chi connectivity index (χ3v) is 5.01. The van der Waals surface area contributed by atoms with Gasteiger partial charge < -0.3 is 15.3 Å². The molecule has 1 atom stereocenters. The fourth-order valence-corrected chi connectivity index (χ4v) is 3.37. The van der Waals surface area contributed by atoms with Crippen molar-refractivity contribution in [2.24, 2.45) is 0 Å². The summed E-state index contributed by atoms with van der Waals surface area (Å²) in [5.74, 6) is -0.466. The molecule has 27 heavy (non-hydrogen) atoms. The lowest BCUT2D eigenvalue weighted by atomic mass is 10.0. The minimum Gasteiger partial charge on any atom is -0.507 e. The lowest BCUT2D eigenvalue weighted by molar-refractivity contribution is -0.137. The average molecular weight is 380 g/mol. The minimum absolute atomic E-state index is 0.196. The van der Waals surface area contributed by atoms with Crippen LogP contribution >= 0.6 is 0 Å². The molecule has 1 aliphatic rings. The highest BCUT2D eigenvalue weighted by Crippen LogP contribution is 2.39. The van der Waals surface area contributed by atoms with Crippen LogP contribution in [0.4, 0.5) is 18.9 Å². The van der Waals surface area contributed by atoms with Gasteiger partial charge in [-0.25, -0.2) is 0 Å². The highest BCUT2D eigenvalue weighted by atomic mass is 19.4. The number of hydrogen-bond acceptors (Lipinski definition) is 5. The first kappa shape index (κ1) is 19.4. The van der Waals surface area contributed by atoms with E-state index in [1.807, 2.05) is 13.8 Å². The SMILES string of the molecule is Cc1nnc(-c2ccc(C(F)(F)F)cc2O)c(N[C@H]2CCCN(C)C2)c1C. The first-order chi connectivity index (χ1) is 12.7. The van der Waals surface area contributed by atoms with E-state index in [1.54, 1.807) is 0 Å². The Labute approximate surface area is 156 Å². The Morgan fingerprint density at radius 3 is 2.59 bits per heavy atom. The van der Waals surface area contributed by atoms with Gasteiger partial charge in [0, 0.05) is 18.2 Å². The molecule has 8 heteroatoms. The molecule has 1 aromatic heterocycles. The molecule has 0 radical (unpaired) electrons. The molecule has 5 nitrogen and oxygen atoms in total. The van der Waals surface area contributed by atoms with Gasteiger partial charge in [-0.05, 0) is 64.0 Å². The zero-order valence-corrected chi connectivity index (χ0v) is 15.6. The topological polar surface area (TPSA) is 61.3 Å². The van der Waals surface area contributed by atoms with E-state index >= 15 is 0 Å². The van der Waals surface area contributed by atoms with Crippen LogP contribution < -0.4 is 5.32 Å². The van der Waals surface area contributed by atoms with Crippen molar-refractivity contribution in [2.75, 3.05) is 25.5 Å². The number of phenolic OH excluding ortho intramolecular Hbond substituents is 1. The molecule has 3 rings (SSSR count). The van der Waals surface area contributed by atoms with Crippen molar-refractivity contribution in [3.63, 3.8) is 0 Å². The number of piperidine rings is 1. The molecular formula is C19H23F3N4O. The summed E-state index contributed by atoms with van der Waals surface area (Å²) in [4.78, 5) is 2.23. The second kappa shape index (κ2) is 7.34. The Morgan fingerprint density at radius 2 is 1.96 bits per heavy atom. The van der Waals surface area contributed by atoms with E-state index in [1.165, 1.54) is 6.07 Å². The second-order valence-corrected chi connectivity index (χ2v) is 7.11. The first-order valence-corrected chi connectivity index (χ1v) is 8.86. The molecule has 2 aromatic rings. The first-order valence-electron chi connectivity index (χ1n) is 8.86. The van der Waals surface area contributed by atoms with Crippen molar-refractivity contribution in [1.82, 2.24) is 15.1 Å². The van der Waals surface area contributed by atoms with Crippen molar-refractivity contribution in [3.05, 3.63) is 35.0 Å². The van der Waals surface area contributed by atoms with Crippen LogP contribution in [0.3, 0.4) is 0 Å². The summed E-state index contributed by atoms with van der Waals surface area (Å²) in [6, 6.07) is 3.12. The van der Waals surface area contributed by atoms with Crippen LogP contribution in [0.1, 0.15) is 29.7 Å². The van der Waals surface area contributed by atoms with Crippen molar-refractivity contribution < 1.29 is 18.3 Å². The summed E-state index contributed by atoms with van der Waals surface area (Å²) < 4.78 is 38.7. The number of anilines is 1. The lowest BCUT2D eigenvalue weighted by Gasteiger charge is -2.32. The molecule has 1 fully saturated rings. The van der Waals surface area contributed by atoms with Gasteiger partial charge in [0.2, 0.25) is 0 Å². The van der Waals surface area contributed by atoms with Gasteiger partial charge in [0.25, 0.3) is 0 Å². The third kappa shape index (κ3) is 4.16. The molecular weight excluding hydrogens is 357 g/mol. The molecule has 1 aromatic carbocycles. The maximum atomic E-state index is 12.9. The number of nitrogens with zero attached hydrogens (tertiary/aromatic N) is 3. The van der Waals surface area contributed by atoms with E-state index in [0.29, 0.717) is 11.4 Å². The molecule has 0 amide bonds. The number of phenols is 1. The Hall–Kier alpha value is -2.35. The van der Waals surface area contributed by atoms with Gasteiger partial charge in [0.15, 0.2) is 0 Å². The molecule has 2 N–H and O–H groups in total. The highest BCUT2D eigenvalue weighted by Gasteiger charge is 2.31. The summed E-state index contributed by atoms with van der Waals surface area (Å²) in [6.07, 6.45) is -2.46. The number of halogens is 3. The molecule has 0 aliphatic carbocycles. The summed E-state index contributed by atoms with van der Waals surface area (Å²) in [5, 5.41) is 22.0. The molecule has 2 heterocycles. The summed E-state index contributed by atoms with van der Waals surface area (Å²) in [5.41, 5.74) is 1.99. The number of aryl methyl sites for hydroxylation is 1.